The highest BCUT2D eigenvalue weighted by Gasteiger charge is 2.23. The average molecular weight is 276 g/mol. The van der Waals surface area contributed by atoms with E-state index in [4.69, 9.17) is 4.74 Å². The highest BCUT2D eigenvalue weighted by molar-refractivity contribution is 5.33. The molecule has 1 fully saturated rings. The third kappa shape index (κ3) is 4.22. The monoisotopic (exact) mass is 276 g/mol. The third-order valence-corrected chi connectivity index (χ3v) is 4.07. The minimum Gasteiger partial charge on any atom is -0.494 e. The fraction of sp³-hybridized carbons (Fsp3) is 0.647. The minimum absolute atomic E-state index is 0.679. The number of nitrogens with one attached hydrogen (secondary N) is 1. The summed E-state index contributed by atoms with van der Waals surface area (Å²) in [6.45, 7) is 11.8. The molecule has 20 heavy (non-hydrogen) atoms. The summed E-state index contributed by atoms with van der Waals surface area (Å²) in [5.74, 6) is 1.80. The second-order valence-corrected chi connectivity index (χ2v) is 5.92. The Morgan fingerprint density at radius 1 is 1.35 bits per heavy atom. The van der Waals surface area contributed by atoms with Crippen LogP contribution in [0.3, 0.4) is 0 Å². The maximum Gasteiger partial charge on any atom is 0.123 e. The molecule has 1 N–H and O–H groups in total. The molecular formula is C17H28N2O. The molecule has 1 aromatic rings. The smallest absolute Gasteiger partial charge is 0.123 e. The van der Waals surface area contributed by atoms with Crippen molar-refractivity contribution in [1.82, 2.24) is 10.2 Å². The molecule has 2 rings (SSSR count). The van der Waals surface area contributed by atoms with E-state index >= 15 is 0 Å². The summed E-state index contributed by atoms with van der Waals surface area (Å²) in [5.41, 5.74) is 1.26. The van der Waals surface area contributed by atoms with Gasteiger partial charge in [-0.3, -0.25) is 0 Å². The van der Waals surface area contributed by atoms with E-state index in [0.29, 0.717) is 6.04 Å². The molecule has 1 aliphatic heterocycles. The minimum atomic E-state index is 0.679. The topological polar surface area (TPSA) is 24.5 Å². The highest BCUT2D eigenvalue weighted by Crippen LogP contribution is 2.19. The van der Waals surface area contributed by atoms with Crippen molar-refractivity contribution in [2.45, 2.75) is 39.8 Å². The first-order valence-electron chi connectivity index (χ1n) is 7.86. The van der Waals surface area contributed by atoms with Crippen LogP contribution >= 0.6 is 0 Å². The number of benzene rings is 1. The van der Waals surface area contributed by atoms with E-state index < -0.39 is 0 Å². The highest BCUT2D eigenvalue weighted by atomic mass is 16.5. The van der Waals surface area contributed by atoms with Crippen LogP contribution < -0.4 is 10.1 Å². The van der Waals surface area contributed by atoms with Crippen LogP contribution in [0.1, 0.15) is 32.8 Å². The number of hydrogen-bond acceptors (Lipinski definition) is 3. The van der Waals surface area contributed by atoms with Crippen LogP contribution in [0.5, 0.6) is 5.75 Å². The lowest BCUT2D eigenvalue weighted by atomic mass is 10.1. The quantitative estimate of drug-likeness (QED) is 0.829. The maximum absolute atomic E-state index is 5.66. The van der Waals surface area contributed by atoms with E-state index in [1.165, 1.54) is 25.1 Å². The van der Waals surface area contributed by atoms with Gasteiger partial charge in [-0.15, -0.1) is 0 Å². The lowest BCUT2D eigenvalue weighted by Gasteiger charge is -2.20. The molecule has 1 heterocycles. The zero-order chi connectivity index (χ0) is 14.4. The van der Waals surface area contributed by atoms with E-state index in [-0.39, 0.29) is 0 Å². The number of hydrogen-bond donors (Lipinski definition) is 1. The Hall–Kier alpha value is -1.06. The number of para-hydroxylation sites is 1. The molecule has 112 valence electrons. The lowest BCUT2D eigenvalue weighted by molar-refractivity contribution is 0.264. The van der Waals surface area contributed by atoms with Gasteiger partial charge in [-0.1, -0.05) is 18.2 Å². The van der Waals surface area contributed by atoms with Crippen molar-refractivity contribution in [3.05, 3.63) is 29.8 Å². The van der Waals surface area contributed by atoms with Crippen LogP contribution in [0.25, 0.3) is 0 Å². The molecule has 0 spiro atoms. The van der Waals surface area contributed by atoms with E-state index in [0.717, 1.165) is 31.4 Å². The van der Waals surface area contributed by atoms with Crippen molar-refractivity contribution < 1.29 is 4.74 Å². The first kappa shape index (κ1) is 15.3. The summed E-state index contributed by atoms with van der Waals surface area (Å²) >= 11 is 0. The molecule has 1 aliphatic rings. The van der Waals surface area contributed by atoms with Crippen LogP contribution in [0.15, 0.2) is 24.3 Å². The fourth-order valence-electron chi connectivity index (χ4n) is 2.86. The van der Waals surface area contributed by atoms with E-state index in [1.807, 2.05) is 13.0 Å². The van der Waals surface area contributed by atoms with Crippen LogP contribution in [-0.4, -0.2) is 37.2 Å². The Morgan fingerprint density at radius 2 is 2.15 bits per heavy atom. The van der Waals surface area contributed by atoms with Crippen molar-refractivity contribution in [1.29, 1.82) is 0 Å². The Kier molecular flexibility index (Phi) is 5.86. The molecule has 1 unspecified atom stereocenters. The van der Waals surface area contributed by atoms with Gasteiger partial charge in [0.1, 0.15) is 5.75 Å². The lowest BCUT2D eigenvalue weighted by Crippen LogP contribution is -2.30. The molecule has 0 radical (unpaired) electrons. The first-order chi connectivity index (χ1) is 9.70. The van der Waals surface area contributed by atoms with Crippen molar-refractivity contribution in [2.75, 3.05) is 26.2 Å². The van der Waals surface area contributed by atoms with Gasteiger partial charge in [-0.2, -0.15) is 0 Å². The van der Waals surface area contributed by atoms with Gasteiger partial charge in [0, 0.05) is 24.7 Å². The second kappa shape index (κ2) is 7.65. The third-order valence-electron chi connectivity index (χ3n) is 4.07. The number of rotatable bonds is 7. The zero-order valence-electron chi connectivity index (χ0n) is 13.1. The van der Waals surface area contributed by atoms with E-state index in [9.17, 15) is 0 Å². The molecule has 1 saturated heterocycles. The molecule has 0 bridgehead atoms. The predicted molar refractivity (Wildman–Crippen MR) is 84.1 cm³/mol. The molecule has 1 aromatic carbocycles. The summed E-state index contributed by atoms with van der Waals surface area (Å²) in [7, 11) is 0. The molecule has 0 aliphatic carbocycles. The van der Waals surface area contributed by atoms with E-state index in [2.05, 4.69) is 42.3 Å². The van der Waals surface area contributed by atoms with Gasteiger partial charge in [-0.25, -0.2) is 0 Å². The first-order valence-corrected chi connectivity index (χ1v) is 7.86. The molecule has 0 amide bonds. The van der Waals surface area contributed by atoms with Gasteiger partial charge in [0.2, 0.25) is 0 Å². The van der Waals surface area contributed by atoms with Gasteiger partial charge >= 0.3 is 0 Å². The Labute approximate surface area is 123 Å². The SMILES string of the molecule is CCOc1ccccc1CNCC1CCN(C(C)C)C1. The fourth-order valence-corrected chi connectivity index (χ4v) is 2.86. The van der Waals surface area contributed by atoms with Gasteiger partial charge in [-0.05, 0) is 52.3 Å². The molecular weight excluding hydrogens is 248 g/mol. The number of nitrogens with zero attached hydrogens (tertiary/aromatic N) is 1. The number of likely N-dealkylation sites (tertiary alicyclic amines) is 1. The maximum atomic E-state index is 5.66. The largest absolute Gasteiger partial charge is 0.494 e. The molecule has 3 nitrogen and oxygen atoms in total. The van der Waals surface area contributed by atoms with Gasteiger partial charge in [0.05, 0.1) is 6.61 Å². The van der Waals surface area contributed by atoms with Crippen LogP contribution in [0.2, 0.25) is 0 Å². The predicted octanol–water partition coefficient (Wildman–Crippen LogP) is 2.91. The summed E-state index contributed by atoms with van der Waals surface area (Å²) < 4.78 is 5.66. The van der Waals surface area contributed by atoms with Crippen molar-refractivity contribution in [2.24, 2.45) is 5.92 Å². The van der Waals surface area contributed by atoms with Gasteiger partial charge < -0.3 is 15.0 Å². The standard InChI is InChI=1S/C17H28N2O/c1-4-20-17-8-6-5-7-16(17)12-18-11-15-9-10-19(13-15)14(2)3/h5-8,14-15,18H,4,9-13H2,1-3H3. The summed E-state index contributed by atoms with van der Waals surface area (Å²) in [4.78, 5) is 2.57. The summed E-state index contributed by atoms with van der Waals surface area (Å²) in [5, 5.41) is 3.60. The van der Waals surface area contributed by atoms with Crippen molar-refractivity contribution >= 4 is 0 Å². The summed E-state index contributed by atoms with van der Waals surface area (Å²) in [6.07, 6.45) is 1.32. The Morgan fingerprint density at radius 3 is 2.85 bits per heavy atom. The summed E-state index contributed by atoms with van der Waals surface area (Å²) in [6, 6.07) is 8.99. The Bertz CT molecular complexity index is 406. The number of ether oxygens (including phenoxy) is 1. The van der Waals surface area contributed by atoms with Crippen molar-refractivity contribution in [3.8, 4) is 5.75 Å². The zero-order valence-corrected chi connectivity index (χ0v) is 13.1. The Balaban J connectivity index is 1.76. The van der Waals surface area contributed by atoms with Crippen LogP contribution in [-0.2, 0) is 6.54 Å². The second-order valence-electron chi connectivity index (χ2n) is 5.92. The van der Waals surface area contributed by atoms with Gasteiger partial charge in [0.15, 0.2) is 0 Å². The molecule has 0 aromatic heterocycles. The van der Waals surface area contributed by atoms with Gasteiger partial charge in [0.25, 0.3) is 0 Å². The molecule has 3 heteroatoms. The van der Waals surface area contributed by atoms with Crippen LogP contribution in [0, 0.1) is 5.92 Å². The normalized spacial score (nSPS) is 19.7. The van der Waals surface area contributed by atoms with E-state index in [1.54, 1.807) is 0 Å². The molecule has 1 atom stereocenters. The molecule has 0 saturated carbocycles. The van der Waals surface area contributed by atoms with Crippen LogP contribution in [0.4, 0.5) is 0 Å². The van der Waals surface area contributed by atoms with Crippen molar-refractivity contribution in [3.63, 3.8) is 0 Å². The average Bonchev–Trinajstić information content (AvgIpc) is 2.90.